The van der Waals surface area contributed by atoms with Gasteiger partial charge < -0.3 is 0 Å². The minimum Gasteiger partial charge on any atom is -0.294 e. The lowest BCUT2D eigenvalue weighted by molar-refractivity contribution is 0.0932. The fraction of sp³-hybridized carbons (Fsp3) is 0.188. The van der Waals surface area contributed by atoms with Crippen LogP contribution in [0.5, 0.6) is 0 Å². The van der Waals surface area contributed by atoms with Gasteiger partial charge in [0.2, 0.25) is 0 Å². The zero-order valence-electron chi connectivity index (χ0n) is 10.3. The first kappa shape index (κ1) is 14.5. The van der Waals surface area contributed by atoms with Crippen molar-refractivity contribution in [3.63, 3.8) is 0 Å². The molecule has 0 amide bonds. The zero-order chi connectivity index (χ0) is 13.7. The molecule has 2 atom stereocenters. The normalized spacial score (nSPS) is 13.8. The van der Waals surface area contributed by atoms with Crippen LogP contribution in [-0.2, 0) is 0 Å². The molecule has 0 radical (unpaired) electrons. The molecule has 2 aromatic rings. The van der Waals surface area contributed by atoms with E-state index in [4.69, 9.17) is 0 Å². The molecule has 3 heteroatoms. The molecule has 0 spiro atoms. The van der Waals surface area contributed by atoms with Crippen LogP contribution >= 0.6 is 31.9 Å². The lowest BCUT2D eigenvalue weighted by Gasteiger charge is -2.19. The lowest BCUT2D eigenvalue weighted by Crippen LogP contribution is -2.21. The molecule has 0 unspecified atom stereocenters. The van der Waals surface area contributed by atoms with Crippen LogP contribution in [0.1, 0.15) is 20.7 Å². The minimum absolute atomic E-state index is 0.0146. The molecule has 0 aliphatic carbocycles. The van der Waals surface area contributed by atoms with E-state index in [0.29, 0.717) is 5.33 Å². The summed E-state index contributed by atoms with van der Waals surface area (Å²) in [5.41, 5.74) is 1.88. The average molecular weight is 382 g/mol. The van der Waals surface area contributed by atoms with E-state index in [1.165, 1.54) is 0 Å². The topological polar surface area (TPSA) is 17.1 Å². The van der Waals surface area contributed by atoms with Gasteiger partial charge in [-0.2, -0.15) is 0 Å². The molecule has 0 fully saturated rings. The molecule has 2 aromatic carbocycles. The molecule has 0 saturated heterocycles. The third-order valence-electron chi connectivity index (χ3n) is 3.03. The van der Waals surface area contributed by atoms with E-state index in [1.54, 1.807) is 0 Å². The van der Waals surface area contributed by atoms with Crippen molar-refractivity contribution >= 4 is 37.6 Å². The van der Waals surface area contributed by atoms with Crippen molar-refractivity contribution in [3.8, 4) is 0 Å². The Morgan fingerprint density at radius 2 is 1.47 bits per heavy atom. The molecule has 0 aliphatic rings. The van der Waals surface area contributed by atoms with Gasteiger partial charge >= 0.3 is 0 Å². The molecular weight excluding hydrogens is 368 g/mol. The number of Topliss-reactive ketones (excluding diaryl/α,β-unsaturated/α-hetero) is 1. The summed E-state index contributed by atoms with van der Waals surface area (Å²) in [4.78, 5) is 12.5. The van der Waals surface area contributed by atoms with Crippen molar-refractivity contribution < 1.29 is 4.79 Å². The molecule has 1 nitrogen and oxygen atoms in total. The monoisotopic (exact) mass is 380 g/mol. The van der Waals surface area contributed by atoms with Crippen LogP contribution in [0.2, 0.25) is 0 Å². The Bertz CT molecular complexity index is 525. The summed E-state index contributed by atoms with van der Waals surface area (Å²) in [7, 11) is 0. The van der Waals surface area contributed by atoms with Crippen LogP contribution in [0.4, 0.5) is 0 Å². The molecule has 0 N–H and O–H groups in total. The summed E-state index contributed by atoms with van der Waals surface area (Å²) in [6, 6.07) is 19.5. The maximum atomic E-state index is 12.5. The van der Waals surface area contributed by atoms with Gasteiger partial charge in [0.05, 0.1) is 4.83 Å². The molecule has 0 bridgehead atoms. The maximum Gasteiger partial charge on any atom is 0.168 e. The second-order valence-corrected chi connectivity index (χ2v) is 5.94. The van der Waals surface area contributed by atoms with Gasteiger partial charge in [0, 0.05) is 16.8 Å². The Hall–Kier alpha value is -0.930. The lowest BCUT2D eigenvalue weighted by atomic mass is 9.93. The van der Waals surface area contributed by atoms with Gasteiger partial charge in [-0.1, -0.05) is 92.5 Å². The number of hydrogen-bond donors (Lipinski definition) is 0. The average Bonchev–Trinajstić information content (AvgIpc) is 2.49. The predicted molar refractivity (Wildman–Crippen MR) is 86.2 cm³/mol. The van der Waals surface area contributed by atoms with Gasteiger partial charge in [-0.15, -0.1) is 0 Å². The Labute approximate surface area is 130 Å². The number of ketones is 1. The number of halogens is 2. The molecule has 0 aromatic heterocycles. The van der Waals surface area contributed by atoms with Gasteiger partial charge in [-0.3, -0.25) is 4.79 Å². The predicted octanol–water partition coefficient (Wildman–Crippen LogP) is 5.02. The molecule has 98 valence electrons. The summed E-state index contributed by atoms with van der Waals surface area (Å²) >= 11 is 7.12. The van der Waals surface area contributed by atoms with Gasteiger partial charge in [0.1, 0.15) is 0 Å². The van der Waals surface area contributed by atoms with E-state index in [0.717, 1.165) is 11.1 Å². The number of alkyl halides is 2. The fourth-order valence-corrected chi connectivity index (χ4v) is 3.87. The second-order valence-electron chi connectivity index (χ2n) is 4.30. The number of carbonyl (C=O) groups excluding carboxylic acids is 1. The first-order chi connectivity index (χ1) is 9.24. The number of rotatable bonds is 5. The summed E-state index contributed by atoms with van der Waals surface area (Å²) in [5, 5.41) is 0.630. The first-order valence-corrected chi connectivity index (χ1v) is 8.12. The van der Waals surface area contributed by atoms with Crippen LogP contribution in [0.15, 0.2) is 60.7 Å². The molecule has 19 heavy (non-hydrogen) atoms. The van der Waals surface area contributed by atoms with E-state index in [-0.39, 0.29) is 16.5 Å². The van der Waals surface area contributed by atoms with Crippen LogP contribution in [-0.4, -0.2) is 11.1 Å². The van der Waals surface area contributed by atoms with Crippen LogP contribution in [0.3, 0.4) is 0 Å². The largest absolute Gasteiger partial charge is 0.294 e. The van der Waals surface area contributed by atoms with Crippen molar-refractivity contribution in [2.24, 2.45) is 5.92 Å². The number of hydrogen-bond acceptors (Lipinski definition) is 1. The standard InChI is InChI=1S/C16H14Br2O/c17-11-14(15(18)12-7-3-1-4-8-12)16(19)13-9-5-2-6-10-13/h1-10,14-15H,11H2/t14-,15+/m0/s1. The van der Waals surface area contributed by atoms with Gasteiger partial charge in [-0.25, -0.2) is 0 Å². The van der Waals surface area contributed by atoms with Crippen molar-refractivity contribution in [3.05, 3.63) is 71.8 Å². The smallest absolute Gasteiger partial charge is 0.168 e. The van der Waals surface area contributed by atoms with Crippen LogP contribution in [0.25, 0.3) is 0 Å². The van der Waals surface area contributed by atoms with Crippen molar-refractivity contribution in [1.29, 1.82) is 0 Å². The van der Waals surface area contributed by atoms with Crippen molar-refractivity contribution in [2.75, 3.05) is 5.33 Å². The van der Waals surface area contributed by atoms with E-state index in [1.807, 2.05) is 60.7 Å². The summed E-state index contributed by atoms with van der Waals surface area (Å²) in [5.74, 6) is 0.0352. The summed E-state index contributed by atoms with van der Waals surface area (Å²) in [6.07, 6.45) is 0. The third kappa shape index (κ3) is 3.54. The highest BCUT2D eigenvalue weighted by molar-refractivity contribution is 9.09. The van der Waals surface area contributed by atoms with Crippen molar-refractivity contribution in [1.82, 2.24) is 0 Å². The maximum absolute atomic E-state index is 12.5. The number of carbonyl (C=O) groups is 1. The highest BCUT2D eigenvalue weighted by Crippen LogP contribution is 2.34. The van der Waals surface area contributed by atoms with Crippen LogP contribution < -0.4 is 0 Å². The van der Waals surface area contributed by atoms with E-state index < -0.39 is 0 Å². The van der Waals surface area contributed by atoms with Gasteiger partial charge in [0.15, 0.2) is 5.78 Å². The highest BCUT2D eigenvalue weighted by atomic mass is 79.9. The van der Waals surface area contributed by atoms with Gasteiger partial charge in [0.25, 0.3) is 0 Å². The molecule has 0 heterocycles. The van der Waals surface area contributed by atoms with Crippen molar-refractivity contribution in [2.45, 2.75) is 4.83 Å². The SMILES string of the molecule is O=C(c1ccccc1)[C@@H](CBr)[C@H](Br)c1ccccc1. The first-order valence-electron chi connectivity index (χ1n) is 6.08. The Balaban J connectivity index is 2.23. The van der Waals surface area contributed by atoms with E-state index in [2.05, 4.69) is 31.9 Å². The van der Waals surface area contributed by atoms with Gasteiger partial charge in [-0.05, 0) is 5.56 Å². The highest BCUT2D eigenvalue weighted by Gasteiger charge is 2.27. The molecule has 0 aliphatic heterocycles. The second kappa shape index (κ2) is 7.01. The van der Waals surface area contributed by atoms with E-state index in [9.17, 15) is 4.79 Å². The van der Waals surface area contributed by atoms with Crippen LogP contribution in [0, 0.1) is 5.92 Å². The minimum atomic E-state index is -0.121. The number of benzene rings is 2. The fourth-order valence-electron chi connectivity index (χ4n) is 1.97. The third-order valence-corrected chi connectivity index (χ3v) is 4.90. The Morgan fingerprint density at radius 1 is 0.947 bits per heavy atom. The molecular formula is C16H14Br2O. The Morgan fingerprint density at radius 3 is 2.00 bits per heavy atom. The summed E-state index contributed by atoms with van der Waals surface area (Å²) in [6.45, 7) is 0. The summed E-state index contributed by atoms with van der Waals surface area (Å²) < 4.78 is 0. The Kier molecular flexibility index (Phi) is 5.34. The molecule has 2 rings (SSSR count). The van der Waals surface area contributed by atoms with E-state index >= 15 is 0 Å². The zero-order valence-corrected chi connectivity index (χ0v) is 13.5. The molecule has 0 saturated carbocycles. The quantitative estimate of drug-likeness (QED) is 0.525.